The molecule has 25 heavy (non-hydrogen) atoms. The fraction of sp³-hybridized carbons (Fsp3) is 0. The molecule has 2 aromatic carbocycles. The van der Waals surface area contributed by atoms with Crippen molar-refractivity contribution in [2.24, 2.45) is 0 Å². The van der Waals surface area contributed by atoms with E-state index in [0.29, 0.717) is 22.8 Å². The van der Waals surface area contributed by atoms with Crippen LogP contribution in [-0.4, -0.2) is 5.97 Å². The van der Waals surface area contributed by atoms with Gasteiger partial charge in [-0.1, -0.05) is 18.2 Å². The van der Waals surface area contributed by atoms with E-state index in [9.17, 15) is 4.79 Å². The van der Waals surface area contributed by atoms with Gasteiger partial charge < -0.3 is 13.9 Å². The van der Waals surface area contributed by atoms with E-state index in [-0.39, 0.29) is 0 Å². The quantitative estimate of drug-likeness (QED) is 0.496. The van der Waals surface area contributed by atoms with Gasteiger partial charge in [0.25, 0.3) is 0 Å². The summed E-state index contributed by atoms with van der Waals surface area (Å²) >= 11 is 0. The minimum Gasteiger partial charge on any atom is -0.465 e. The molecule has 1 aliphatic heterocycles. The van der Waals surface area contributed by atoms with E-state index in [4.69, 9.17) is 13.9 Å². The first-order chi connectivity index (χ1) is 12.3. The van der Waals surface area contributed by atoms with Crippen molar-refractivity contribution in [2.75, 3.05) is 0 Å². The van der Waals surface area contributed by atoms with E-state index >= 15 is 0 Å². The van der Waals surface area contributed by atoms with Crippen molar-refractivity contribution in [3.63, 3.8) is 0 Å². The van der Waals surface area contributed by atoms with Crippen LogP contribution in [0, 0.1) is 0 Å². The highest BCUT2D eigenvalue weighted by molar-refractivity contribution is 6.04. The number of benzene rings is 2. The first kappa shape index (κ1) is 15.0. The fourth-order valence-electron chi connectivity index (χ4n) is 2.47. The Morgan fingerprint density at radius 2 is 1.60 bits per heavy atom. The summed E-state index contributed by atoms with van der Waals surface area (Å²) in [5, 5.41) is 0. The van der Waals surface area contributed by atoms with Crippen LogP contribution in [0.15, 0.2) is 89.1 Å². The van der Waals surface area contributed by atoms with Gasteiger partial charge >= 0.3 is 5.97 Å². The summed E-state index contributed by atoms with van der Waals surface area (Å²) in [5.41, 5.74) is 1.26. The van der Waals surface area contributed by atoms with Crippen molar-refractivity contribution in [3.05, 3.63) is 96.0 Å². The van der Waals surface area contributed by atoms with Crippen LogP contribution in [0.1, 0.15) is 11.3 Å². The maximum absolute atomic E-state index is 12.0. The highest BCUT2D eigenvalue weighted by Crippen LogP contribution is 2.29. The summed E-state index contributed by atoms with van der Waals surface area (Å²) < 4.78 is 16.3. The van der Waals surface area contributed by atoms with Crippen molar-refractivity contribution >= 4 is 17.8 Å². The second-order valence-corrected chi connectivity index (χ2v) is 5.45. The van der Waals surface area contributed by atoms with Gasteiger partial charge in [0.15, 0.2) is 0 Å². The summed E-state index contributed by atoms with van der Waals surface area (Å²) in [4.78, 5) is 12.0. The van der Waals surface area contributed by atoms with Gasteiger partial charge in [-0.05, 0) is 60.7 Å². The molecule has 122 valence electrons. The molecular formula is C21H14O4. The average molecular weight is 330 g/mol. The van der Waals surface area contributed by atoms with Crippen molar-refractivity contribution in [3.8, 4) is 11.5 Å². The zero-order chi connectivity index (χ0) is 17.1. The molecule has 0 spiro atoms. The number of esters is 1. The number of ether oxygens (including phenoxy) is 2. The van der Waals surface area contributed by atoms with Crippen molar-refractivity contribution < 1.29 is 18.7 Å². The van der Waals surface area contributed by atoms with Crippen LogP contribution >= 0.6 is 0 Å². The van der Waals surface area contributed by atoms with E-state index in [1.54, 1.807) is 30.5 Å². The van der Waals surface area contributed by atoms with Crippen molar-refractivity contribution in [1.29, 1.82) is 0 Å². The highest BCUT2D eigenvalue weighted by Gasteiger charge is 2.22. The summed E-state index contributed by atoms with van der Waals surface area (Å²) in [6.45, 7) is 0. The number of cyclic esters (lactones) is 1. The maximum atomic E-state index is 12.0. The molecule has 2 heterocycles. The van der Waals surface area contributed by atoms with Gasteiger partial charge in [0.1, 0.15) is 23.0 Å². The molecule has 0 saturated heterocycles. The van der Waals surface area contributed by atoms with E-state index in [1.807, 2.05) is 54.6 Å². The maximum Gasteiger partial charge on any atom is 0.343 e. The Kier molecular flexibility index (Phi) is 3.92. The molecule has 0 amide bonds. The van der Waals surface area contributed by atoms with Crippen molar-refractivity contribution in [1.82, 2.24) is 0 Å². The Morgan fingerprint density at radius 1 is 0.840 bits per heavy atom. The Balaban J connectivity index is 1.53. The lowest BCUT2D eigenvalue weighted by Crippen LogP contribution is -1.97. The standard InChI is InChI=1S/C21H14O4/c22-21-16(13-19-7-4-12-23-19)14-20(25-21)15-8-10-18(11-9-15)24-17-5-2-1-3-6-17/h1-14H/b16-13+. The molecule has 0 atom stereocenters. The summed E-state index contributed by atoms with van der Waals surface area (Å²) in [6, 6.07) is 20.5. The molecule has 0 unspecified atom stereocenters. The predicted molar refractivity (Wildman–Crippen MR) is 93.7 cm³/mol. The zero-order valence-corrected chi connectivity index (χ0v) is 13.2. The Labute approximate surface area is 144 Å². The van der Waals surface area contributed by atoms with Crippen LogP contribution in [0.4, 0.5) is 0 Å². The number of carbonyl (C=O) groups is 1. The molecule has 0 N–H and O–H groups in total. The van der Waals surface area contributed by atoms with E-state index in [0.717, 1.165) is 11.3 Å². The highest BCUT2D eigenvalue weighted by atomic mass is 16.5. The number of hydrogen-bond acceptors (Lipinski definition) is 4. The lowest BCUT2D eigenvalue weighted by molar-refractivity contribution is -0.130. The molecule has 3 aromatic rings. The molecule has 4 heteroatoms. The molecule has 1 aliphatic rings. The molecule has 4 nitrogen and oxygen atoms in total. The molecule has 0 aliphatic carbocycles. The topological polar surface area (TPSA) is 48.7 Å². The molecule has 0 radical (unpaired) electrons. The predicted octanol–water partition coefficient (Wildman–Crippen LogP) is 5.05. The third-order valence-electron chi connectivity index (χ3n) is 3.68. The minimum atomic E-state index is -0.393. The SMILES string of the molecule is O=C1OC(c2ccc(Oc3ccccc3)cc2)=C/C1=C\c1ccco1. The lowest BCUT2D eigenvalue weighted by Gasteiger charge is -2.06. The van der Waals surface area contributed by atoms with E-state index < -0.39 is 5.97 Å². The Morgan fingerprint density at radius 3 is 2.32 bits per heavy atom. The van der Waals surface area contributed by atoms with E-state index in [2.05, 4.69) is 0 Å². The molecule has 0 bridgehead atoms. The van der Waals surface area contributed by atoms with E-state index in [1.165, 1.54) is 0 Å². The molecular weight excluding hydrogens is 316 g/mol. The summed E-state index contributed by atoms with van der Waals surface area (Å²) in [7, 11) is 0. The van der Waals surface area contributed by atoms with Crippen molar-refractivity contribution in [2.45, 2.75) is 0 Å². The lowest BCUT2D eigenvalue weighted by atomic mass is 10.1. The third kappa shape index (κ3) is 3.38. The fourth-order valence-corrected chi connectivity index (χ4v) is 2.47. The average Bonchev–Trinajstić information content (AvgIpc) is 3.27. The van der Waals surface area contributed by atoms with Gasteiger partial charge in [0.05, 0.1) is 11.8 Å². The van der Waals surface area contributed by atoms with Gasteiger partial charge in [-0.2, -0.15) is 0 Å². The number of furan rings is 1. The second-order valence-electron chi connectivity index (χ2n) is 5.45. The molecule has 0 saturated carbocycles. The van der Waals surface area contributed by atoms with Gasteiger partial charge in [0.2, 0.25) is 0 Å². The smallest absolute Gasteiger partial charge is 0.343 e. The number of para-hydroxylation sites is 1. The van der Waals surface area contributed by atoms with Crippen LogP contribution in [0.3, 0.4) is 0 Å². The first-order valence-electron chi connectivity index (χ1n) is 7.80. The molecule has 0 fully saturated rings. The second kappa shape index (κ2) is 6.53. The minimum absolute atomic E-state index is 0.393. The first-order valence-corrected chi connectivity index (χ1v) is 7.80. The van der Waals surface area contributed by atoms with Crippen LogP contribution in [0.25, 0.3) is 11.8 Å². The summed E-state index contributed by atoms with van der Waals surface area (Å²) in [6.07, 6.45) is 4.92. The van der Waals surface area contributed by atoms with Crippen LogP contribution in [0.5, 0.6) is 11.5 Å². The van der Waals surface area contributed by atoms with Crippen LogP contribution < -0.4 is 4.74 Å². The number of rotatable bonds is 4. The number of carbonyl (C=O) groups excluding carboxylic acids is 1. The van der Waals surface area contributed by atoms with Gasteiger partial charge in [-0.15, -0.1) is 0 Å². The molecule has 1 aromatic heterocycles. The van der Waals surface area contributed by atoms with Gasteiger partial charge in [0, 0.05) is 5.56 Å². The third-order valence-corrected chi connectivity index (χ3v) is 3.68. The summed E-state index contributed by atoms with van der Waals surface area (Å²) in [5.74, 6) is 2.21. The Hall–Kier alpha value is -3.53. The molecule has 4 rings (SSSR count). The number of hydrogen-bond donors (Lipinski definition) is 0. The van der Waals surface area contributed by atoms with Crippen LogP contribution in [0.2, 0.25) is 0 Å². The Bertz CT molecular complexity index is 933. The van der Waals surface area contributed by atoms with Gasteiger partial charge in [-0.25, -0.2) is 4.79 Å². The monoisotopic (exact) mass is 330 g/mol. The van der Waals surface area contributed by atoms with Crippen LogP contribution in [-0.2, 0) is 9.53 Å². The largest absolute Gasteiger partial charge is 0.465 e. The normalized spacial score (nSPS) is 15.1. The van der Waals surface area contributed by atoms with Gasteiger partial charge in [-0.3, -0.25) is 0 Å². The zero-order valence-electron chi connectivity index (χ0n) is 13.2.